The van der Waals surface area contributed by atoms with Crippen LogP contribution in [-0.4, -0.2) is 44.1 Å². The molecule has 170 valence electrons. The van der Waals surface area contributed by atoms with Crippen molar-refractivity contribution in [3.63, 3.8) is 0 Å². The second kappa shape index (κ2) is 9.94. The number of ether oxygens (including phenoxy) is 2. The first-order valence-corrected chi connectivity index (χ1v) is 11.3. The van der Waals surface area contributed by atoms with Gasteiger partial charge in [-0.05, 0) is 54.7 Å². The number of hydrogen-bond acceptors (Lipinski definition) is 4. The van der Waals surface area contributed by atoms with E-state index in [0.29, 0.717) is 31.0 Å². The molecular weight excluding hydrogens is 406 g/mol. The number of anilines is 1. The lowest BCUT2D eigenvalue weighted by atomic mass is 9.91. The maximum atomic E-state index is 13.2. The van der Waals surface area contributed by atoms with Crippen molar-refractivity contribution in [3.05, 3.63) is 53.6 Å². The number of rotatable bonds is 6. The highest BCUT2D eigenvalue weighted by Crippen LogP contribution is 2.38. The van der Waals surface area contributed by atoms with Gasteiger partial charge in [0.25, 0.3) is 0 Å². The van der Waals surface area contributed by atoms with Crippen LogP contribution in [0.25, 0.3) is 0 Å². The highest BCUT2D eigenvalue weighted by atomic mass is 16.5. The number of carbonyl (C=O) groups is 2. The molecule has 1 heterocycles. The number of methoxy groups -OCH3 is 2. The number of benzene rings is 2. The lowest BCUT2D eigenvalue weighted by Gasteiger charge is -2.38. The van der Waals surface area contributed by atoms with Crippen molar-refractivity contribution >= 4 is 17.6 Å². The van der Waals surface area contributed by atoms with Crippen LogP contribution >= 0.6 is 0 Å². The molecule has 0 aromatic heterocycles. The number of hydrogen-bond donors (Lipinski definition) is 2. The Kier molecular flexibility index (Phi) is 6.83. The Morgan fingerprint density at radius 2 is 1.72 bits per heavy atom. The highest BCUT2D eigenvalue weighted by Gasteiger charge is 2.33. The van der Waals surface area contributed by atoms with Crippen LogP contribution in [0.5, 0.6) is 11.5 Å². The molecule has 2 aliphatic rings. The molecule has 0 bridgehead atoms. The Morgan fingerprint density at radius 3 is 2.41 bits per heavy atom. The predicted molar refractivity (Wildman–Crippen MR) is 123 cm³/mol. The van der Waals surface area contributed by atoms with Crippen LogP contribution < -0.4 is 20.1 Å². The van der Waals surface area contributed by atoms with Gasteiger partial charge in [0.15, 0.2) is 11.5 Å². The normalized spacial score (nSPS) is 18.1. The zero-order valence-electron chi connectivity index (χ0n) is 18.7. The van der Waals surface area contributed by atoms with E-state index in [1.165, 1.54) is 0 Å². The van der Waals surface area contributed by atoms with Crippen LogP contribution in [-0.2, 0) is 11.2 Å². The van der Waals surface area contributed by atoms with Gasteiger partial charge >= 0.3 is 6.03 Å². The van der Waals surface area contributed by atoms with E-state index in [1.807, 2.05) is 42.5 Å². The summed E-state index contributed by atoms with van der Waals surface area (Å²) in [6.07, 6.45) is 4.79. The summed E-state index contributed by atoms with van der Waals surface area (Å²) < 4.78 is 11.0. The molecule has 2 aromatic rings. The van der Waals surface area contributed by atoms with Crippen LogP contribution in [0.3, 0.4) is 0 Å². The fourth-order valence-corrected chi connectivity index (χ4v) is 4.74. The standard InChI is InChI=1S/C25H31N3O4/c1-31-22-14-18-12-13-28(25(30)27-19-10-4-3-5-11-19)21(20(18)15-23(22)32-2)16-26-24(29)17-8-6-7-9-17/h3-5,10-11,14-15,17,21H,6-9,12-13,16H2,1-2H3,(H,26,29)(H,27,30)/t21-/m0/s1. The van der Waals surface area contributed by atoms with Crippen LogP contribution in [0.1, 0.15) is 42.9 Å². The number of nitrogens with one attached hydrogen (secondary N) is 2. The molecule has 1 saturated carbocycles. The van der Waals surface area contributed by atoms with E-state index in [1.54, 1.807) is 19.1 Å². The maximum absolute atomic E-state index is 13.2. The molecule has 2 N–H and O–H groups in total. The van der Waals surface area contributed by atoms with Gasteiger partial charge in [-0.15, -0.1) is 0 Å². The summed E-state index contributed by atoms with van der Waals surface area (Å²) in [5, 5.41) is 6.10. The zero-order valence-corrected chi connectivity index (χ0v) is 18.7. The highest BCUT2D eigenvalue weighted by molar-refractivity contribution is 5.90. The van der Waals surface area contributed by atoms with E-state index in [2.05, 4.69) is 10.6 Å². The van der Waals surface area contributed by atoms with Crippen molar-refractivity contribution in [3.8, 4) is 11.5 Å². The maximum Gasteiger partial charge on any atom is 0.322 e. The molecule has 1 fully saturated rings. The summed E-state index contributed by atoms with van der Waals surface area (Å²) in [5.41, 5.74) is 2.82. The van der Waals surface area contributed by atoms with Crippen molar-refractivity contribution in [1.82, 2.24) is 10.2 Å². The first-order valence-electron chi connectivity index (χ1n) is 11.3. The van der Waals surface area contributed by atoms with Gasteiger partial charge in [0.05, 0.1) is 20.3 Å². The van der Waals surface area contributed by atoms with Crippen molar-refractivity contribution < 1.29 is 19.1 Å². The first-order chi connectivity index (χ1) is 15.6. The minimum atomic E-state index is -0.298. The number of nitrogens with zero attached hydrogens (tertiary/aromatic N) is 1. The first kappa shape index (κ1) is 22.0. The predicted octanol–water partition coefficient (Wildman–Crippen LogP) is 4.14. The summed E-state index contributed by atoms with van der Waals surface area (Å²) in [6, 6.07) is 12.8. The van der Waals surface area contributed by atoms with E-state index in [4.69, 9.17) is 9.47 Å². The number of urea groups is 1. The van der Waals surface area contributed by atoms with Crippen LogP contribution in [0, 0.1) is 5.92 Å². The second-order valence-corrected chi connectivity index (χ2v) is 8.39. The number of carbonyl (C=O) groups excluding carboxylic acids is 2. The largest absolute Gasteiger partial charge is 0.493 e. The fraction of sp³-hybridized carbons (Fsp3) is 0.440. The smallest absolute Gasteiger partial charge is 0.322 e. The molecule has 1 aliphatic heterocycles. The second-order valence-electron chi connectivity index (χ2n) is 8.39. The average Bonchev–Trinajstić information content (AvgIpc) is 3.37. The number of para-hydroxylation sites is 1. The van der Waals surface area contributed by atoms with Crippen LogP contribution in [0.15, 0.2) is 42.5 Å². The number of amides is 3. The Morgan fingerprint density at radius 1 is 1.03 bits per heavy atom. The van der Waals surface area contributed by atoms with Gasteiger partial charge in [0.2, 0.25) is 5.91 Å². The molecule has 1 atom stereocenters. The van der Waals surface area contributed by atoms with Gasteiger partial charge in [0, 0.05) is 24.7 Å². The SMILES string of the molecule is COc1cc2c(cc1OC)[C@H](CNC(=O)C1CCCC1)N(C(=O)Nc1ccccc1)CC2. The molecule has 4 rings (SSSR count). The van der Waals surface area contributed by atoms with Gasteiger partial charge in [0.1, 0.15) is 0 Å². The Balaban J connectivity index is 1.60. The topological polar surface area (TPSA) is 79.9 Å². The Bertz CT molecular complexity index is 957. The van der Waals surface area contributed by atoms with Crippen molar-refractivity contribution in [2.75, 3.05) is 32.6 Å². The molecule has 0 spiro atoms. The molecule has 3 amide bonds. The monoisotopic (exact) mass is 437 g/mol. The quantitative estimate of drug-likeness (QED) is 0.712. The van der Waals surface area contributed by atoms with E-state index in [9.17, 15) is 9.59 Å². The molecule has 0 saturated heterocycles. The van der Waals surface area contributed by atoms with E-state index in [-0.39, 0.29) is 23.9 Å². The molecule has 0 radical (unpaired) electrons. The average molecular weight is 438 g/mol. The van der Waals surface area contributed by atoms with Crippen molar-refractivity contribution in [2.45, 2.75) is 38.1 Å². The van der Waals surface area contributed by atoms with Crippen molar-refractivity contribution in [1.29, 1.82) is 0 Å². The summed E-state index contributed by atoms with van der Waals surface area (Å²) in [7, 11) is 3.22. The Labute approximate surface area is 189 Å². The van der Waals surface area contributed by atoms with Gasteiger partial charge in [-0.1, -0.05) is 31.0 Å². The molecule has 7 heteroatoms. The van der Waals surface area contributed by atoms with E-state index < -0.39 is 0 Å². The van der Waals surface area contributed by atoms with Crippen molar-refractivity contribution in [2.24, 2.45) is 5.92 Å². The Hall–Kier alpha value is -3.22. The van der Waals surface area contributed by atoms with E-state index >= 15 is 0 Å². The van der Waals surface area contributed by atoms with Gasteiger partial charge in [-0.3, -0.25) is 4.79 Å². The molecule has 32 heavy (non-hydrogen) atoms. The fourth-order valence-electron chi connectivity index (χ4n) is 4.74. The molecule has 2 aromatic carbocycles. The number of fused-ring (bicyclic) bond motifs is 1. The third-order valence-corrected chi connectivity index (χ3v) is 6.48. The third kappa shape index (κ3) is 4.66. The lowest BCUT2D eigenvalue weighted by molar-refractivity contribution is -0.125. The minimum absolute atomic E-state index is 0.0788. The van der Waals surface area contributed by atoms with Crippen LogP contribution in [0.2, 0.25) is 0 Å². The summed E-state index contributed by atoms with van der Waals surface area (Å²) in [6.45, 7) is 0.908. The van der Waals surface area contributed by atoms with Gasteiger partial charge < -0.3 is 25.0 Å². The van der Waals surface area contributed by atoms with Gasteiger partial charge in [-0.25, -0.2) is 4.79 Å². The summed E-state index contributed by atoms with van der Waals surface area (Å²) in [4.78, 5) is 27.7. The van der Waals surface area contributed by atoms with E-state index in [0.717, 1.165) is 42.5 Å². The summed E-state index contributed by atoms with van der Waals surface area (Å²) >= 11 is 0. The zero-order chi connectivity index (χ0) is 22.5. The van der Waals surface area contributed by atoms with Gasteiger partial charge in [-0.2, -0.15) is 0 Å². The molecule has 1 aliphatic carbocycles. The molecular formula is C25H31N3O4. The summed E-state index contributed by atoms with van der Waals surface area (Å²) in [5.74, 6) is 1.44. The van der Waals surface area contributed by atoms with Crippen LogP contribution in [0.4, 0.5) is 10.5 Å². The third-order valence-electron chi connectivity index (χ3n) is 6.48. The lowest BCUT2D eigenvalue weighted by Crippen LogP contribution is -2.47. The minimum Gasteiger partial charge on any atom is -0.493 e. The molecule has 7 nitrogen and oxygen atoms in total. The molecule has 0 unspecified atom stereocenters.